The van der Waals surface area contributed by atoms with Crippen molar-refractivity contribution < 1.29 is 4.79 Å². The first-order chi connectivity index (χ1) is 9.97. The molecule has 2 aromatic rings. The fourth-order valence-electron chi connectivity index (χ4n) is 1.71. The number of hydrogen-bond donors (Lipinski definition) is 2. The lowest BCUT2D eigenvalue weighted by atomic mass is 10.2. The molecule has 0 aliphatic heterocycles. The third-order valence-electron chi connectivity index (χ3n) is 2.86. The first-order valence-electron chi connectivity index (χ1n) is 6.20. The summed E-state index contributed by atoms with van der Waals surface area (Å²) in [5, 5.41) is 3.51. The van der Waals surface area contributed by atoms with Gasteiger partial charge in [-0.15, -0.1) is 11.8 Å². The van der Waals surface area contributed by atoms with Gasteiger partial charge in [0.05, 0.1) is 5.75 Å². The van der Waals surface area contributed by atoms with Gasteiger partial charge in [0.15, 0.2) is 0 Å². The summed E-state index contributed by atoms with van der Waals surface area (Å²) in [5.41, 5.74) is 7.98. The molecule has 1 amide bonds. The number of benzene rings is 2. The van der Waals surface area contributed by atoms with Crippen LogP contribution in [0.5, 0.6) is 0 Å². The number of amides is 1. The average Bonchev–Trinajstić information content (AvgIpc) is 2.43. The van der Waals surface area contributed by atoms with Gasteiger partial charge in [-0.2, -0.15) is 0 Å². The fraction of sp³-hybridized carbons (Fsp3) is 0.133. The van der Waals surface area contributed by atoms with E-state index in [1.165, 1.54) is 11.8 Å². The van der Waals surface area contributed by atoms with E-state index < -0.39 is 0 Å². The van der Waals surface area contributed by atoms with Gasteiger partial charge in [0, 0.05) is 25.8 Å². The summed E-state index contributed by atoms with van der Waals surface area (Å²) in [4.78, 5) is 13.0. The minimum absolute atomic E-state index is 0.0749. The van der Waals surface area contributed by atoms with E-state index in [0.717, 1.165) is 20.6 Å². The van der Waals surface area contributed by atoms with E-state index in [1.54, 1.807) is 6.07 Å². The van der Waals surface area contributed by atoms with Crippen LogP contribution in [-0.2, 0) is 4.79 Å². The maximum atomic E-state index is 12.0. The van der Waals surface area contributed by atoms with E-state index in [9.17, 15) is 4.79 Å². The molecule has 0 radical (unpaired) electrons. The lowest BCUT2D eigenvalue weighted by molar-refractivity contribution is -0.113. The Labute approximate surface area is 141 Å². The van der Waals surface area contributed by atoms with Crippen molar-refractivity contribution in [1.29, 1.82) is 0 Å². The smallest absolute Gasteiger partial charge is 0.234 e. The van der Waals surface area contributed by atoms with Crippen molar-refractivity contribution in [1.82, 2.24) is 0 Å². The molecule has 3 nitrogen and oxygen atoms in total. The number of thioether (sulfide) groups is 1. The number of hydrogen-bond acceptors (Lipinski definition) is 3. The topological polar surface area (TPSA) is 55.1 Å². The van der Waals surface area contributed by atoms with Crippen molar-refractivity contribution in [2.75, 3.05) is 16.8 Å². The van der Waals surface area contributed by atoms with E-state index in [1.807, 2.05) is 37.3 Å². The maximum absolute atomic E-state index is 12.0. The molecule has 2 aromatic carbocycles. The molecule has 21 heavy (non-hydrogen) atoms. The highest BCUT2D eigenvalue weighted by Crippen LogP contribution is 2.29. The van der Waals surface area contributed by atoms with Gasteiger partial charge in [0.25, 0.3) is 0 Å². The summed E-state index contributed by atoms with van der Waals surface area (Å²) in [6, 6.07) is 11.0. The summed E-state index contributed by atoms with van der Waals surface area (Å²) in [5.74, 6) is 0.239. The van der Waals surface area contributed by atoms with Crippen molar-refractivity contribution >= 4 is 56.6 Å². The zero-order chi connectivity index (χ0) is 15.4. The van der Waals surface area contributed by atoms with Gasteiger partial charge in [0.2, 0.25) is 5.91 Å². The van der Waals surface area contributed by atoms with E-state index in [2.05, 4.69) is 21.2 Å². The Bertz CT molecular complexity index is 679. The summed E-state index contributed by atoms with van der Waals surface area (Å²) < 4.78 is 0.888. The van der Waals surface area contributed by atoms with Crippen LogP contribution in [0.1, 0.15) is 5.56 Å². The predicted octanol–water partition coefficient (Wildman–Crippen LogP) is 4.72. The Balaban J connectivity index is 1.97. The van der Waals surface area contributed by atoms with Crippen LogP contribution < -0.4 is 11.1 Å². The Hall–Kier alpha value is -1.17. The van der Waals surface area contributed by atoms with Gasteiger partial charge in [-0.25, -0.2) is 0 Å². The van der Waals surface area contributed by atoms with Crippen LogP contribution in [0.3, 0.4) is 0 Å². The van der Waals surface area contributed by atoms with E-state index in [-0.39, 0.29) is 5.91 Å². The summed E-state index contributed by atoms with van der Waals surface area (Å²) in [6.45, 7) is 1.88. The highest BCUT2D eigenvalue weighted by atomic mass is 79.9. The lowest BCUT2D eigenvalue weighted by Crippen LogP contribution is -2.14. The molecule has 0 atom stereocenters. The van der Waals surface area contributed by atoms with Crippen molar-refractivity contribution in [2.24, 2.45) is 0 Å². The molecule has 6 heteroatoms. The van der Waals surface area contributed by atoms with E-state index >= 15 is 0 Å². The van der Waals surface area contributed by atoms with Gasteiger partial charge in [-0.3, -0.25) is 4.79 Å². The summed E-state index contributed by atoms with van der Waals surface area (Å²) in [6.07, 6.45) is 0. The number of anilines is 2. The first kappa shape index (κ1) is 16.2. The van der Waals surface area contributed by atoms with Crippen LogP contribution in [0.2, 0.25) is 5.02 Å². The Morgan fingerprint density at radius 1 is 1.38 bits per heavy atom. The third-order valence-corrected chi connectivity index (χ3v) is 5.26. The molecule has 110 valence electrons. The number of carbonyl (C=O) groups is 1. The highest BCUT2D eigenvalue weighted by molar-refractivity contribution is 9.10. The number of rotatable bonds is 4. The SMILES string of the molecule is Cc1c(Cl)cccc1NC(=O)CSc1ccc(N)cc1Br. The Morgan fingerprint density at radius 3 is 2.86 bits per heavy atom. The summed E-state index contributed by atoms with van der Waals surface area (Å²) >= 11 is 10.9. The number of nitrogens with two attached hydrogens (primary N) is 1. The standard InChI is InChI=1S/C15H14BrClN2OS/c1-9-12(17)3-2-4-13(9)19-15(20)8-21-14-6-5-10(18)7-11(14)16/h2-7H,8,18H2,1H3,(H,19,20). The maximum Gasteiger partial charge on any atom is 0.234 e. The highest BCUT2D eigenvalue weighted by Gasteiger charge is 2.09. The van der Waals surface area contributed by atoms with E-state index in [0.29, 0.717) is 16.5 Å². The van der Waals surface area contributed by atoms with E-state index in [4.69, 9.17) is 17.3 Å². The minimum Gasteiger partial charge on any atom is -0.399 e. The lowest BCUT2D eigenvalue weighted by Gasteiger charge is -2.10. The second-order valence-electron chi connectivity index (χ2n) is 4.44. The normalized spacial score (nSPS) is 10.4. The molecule has 2 rings (SSSR count). The molecule has 0 saturated heterocycles. The number of carbonyl (C=O) groups excluding carboxylic acids is 1. The molecule has 0 bridgehead atoms. The Kier molecular flexibility index (Phi) is 5.56. The molecule has 3 N–H and O–H groups in total. The Morgan fingerprint density at radius 2 is 2.14 bits per heavy atom. The zero-order valence-corrected chi connectivity index (χ0v) is 14.5. The van der Waals surface area contributed by atoms with Gasteiger partial charge in [-0.1, -0.05) is 17.7 Å². The number of nitrogen functional groups attached to an aromatic ring is 1. The quantitative estimate of drug-likeness (QED) is 0.591. The predicted molar refractivity (Wildman–Crippen MR) is 94.1 cm³/mol. The number of halogens is 2. The molecule has 0 fully saturated rings. The molecule has 0 heterocycles. The van der Waals surface area contributed by atoms with Crippen LogP contribution in [0, 0.1) is 6.92 Å². The monoisotopic (exact) mass is 384 g/mol. The van der Waals surface area contributed by atoms with Crippen LogP contribution in [0.25, 0.3) is 0 Å². The van der Waals surface area contributed by atoms with Crippen molar-refractivity contribution in [2.45, 2.75) is 11.8 Å². The first-order valence-corrected chi connectivity index (χ1v) is 8.36. The molecular formula is C15H14BrClN2OS. The van der Waals surface area contributed by atoms with Crippen molar-refractivity contribution in [3.05, 3.63) is 51.5 Å². The largest absolute Gasteiger partial charge is 0.399 e. The van der Waals surface area contributed by atoms with Gasteiger partial charge in [-0.05, 0) is 58.7 Å². The second kappa shape index (κ2) is 7.20. The molecule has 0 unspecified atom stereocenters. The molecule has 0 aromatic heterocycles. The molecule has 0 saturated carbocycles. The molecular weight excluding hydrogens is 372 g/mol. The van der Waals surface area contributed by atoms with Crippen molar-refractivity contribution in [3.63, 3.8) is 0 Å². The average molecular weight is 386 g/mol. The molecule has 0 aliphatic carbocycles. The van der Waals surface area contributed by atoms with Crippen LogP contribution >= 0.6 is 39.3 Å². The minimum atomic E-state index is -0.0749. The van der Waals surface area contributed by atoms with Crippen molar-refractivity contribution in [3.8, 4) is 0 Å². The molecule has 0 aliphatic rings. The zero-order valence-electron chi connectivity index (χ0n) is 11.3. The summed E-state index contributed by atoms with van der Waals surface area (Å²) in [7, 11) is 0. The number of nitrogens with one attached hydrogen (secondary N) is 1. The van der Waals surface area contributed by atoms with Crippen LogP contribution in [0.4, 0.5) is 11.4 Å². The van der Waals surface area contributed by atoms with Gasteiger partial charge < -0.3 is 11.1 Å². The second-order valence-corrected chi connectivity index (χ2v) is 6.72. The molecule has 0 spiro atoms. The van der Waals surface area contributed by atoms with Gasteiger partial charge in [0.1, 0.15) is 0 Å². The van der Waals surface area contributed by atoms with Gasteiger partial charge >= 0.3 is 0 Å². The van der Waals surface area contributed by atoms with Crippen LogP contribution in [-0.4, -0.2) is 11.7 Å². The fourth-order valence-corrected chi connectivity index (χ4v) is 3.34. The van der Waals surface area contributed by atoms with Crippen LogP contribution in [0.15, 0.2) is 45.8 Å². The third kappa shape index (κ3) is 4.40.